The summed E-state index contributed by atoms with van der Waals surface area (Å²) >= 11 is 6.85. The first-order valence-corrected chi connectivity index (χ1v) is 11.0. The Bertz CT molecular complexity index is 1210. The summed E-state index contributed by atoms with van der Waals surface area (Å²) in [4.78, 5) is 24.5. The first-order valence-electron chi connectivity index (χ1n) is 9.38. The number of anilines is 1. The first-order chi connectivity index (χ1) is 15.1. The van der Waals surface area contributed by atoms with Crippen molar-refractivity contribution in [3.05, 3.63) is 85.3 Å². The fourth-order valence-electron chi connectivity index (χ4n) is 3.05. The molecular formula is C23H18Br2F2N2O3. The van der Waals surface area contributed by atoms with Crippen molar-refractivity contribution in [3.8, 4) is 11.5 Å². The zero-order chi connectivity index (χ0) is 23.6. The van der Waals surface area contributed by atoms with Crippen molar-refractivity contribution >= 4 is 49.5 Å². The monoisotopic (exact) mass is 566 g/mol. The molecule has 0 aliphatic rings. The minimum Gasteiger partial charge on any atom is -0.456 e. The number of ether oxygens (including phenoxy) is 1. The summed E-state index contributed by atoms with van der Waals surface area (Å²) < 4.78 is 35.3. The average Bonchev–Trinajstić information content (AvgIpc) is 2.71. The van der Waals surface area contributed by atoms with Gasteiger partial charge in [0.2, 0.25) is 0 Å². The normalized spacial score (nSPS) is 10.6. The van der Waals surface area contributed by atoms with E-state index in [0.717, 1.165) is 32.7 Å². The van der Waals surface area contributed by atoms with Crippen LogP contribution in [0, 0.1) is 32.4 Å². The molecule has 0 radical (unpaired) electrons. The molecule has 166 valence electrons. The Labute approximate surface area is 200 Å². The Morgan fingerprint density at radius 1 is 0.906 bits per heavy atom. The van der Waals surface area contributed by atoms with Gasteiger partial charge in [0, 0.05) is 10.2 Å². The van der Waals surface area contributed by atoms with Gasteiger partial charge in [-0.25, -0.2) is 13.6 Å². The van der Waals surface area contributed by atoms with Crippen LogP contribution < -0.4 is 15.4 Å². The van der Waals surface area contributed by atoms with Crippen LogP contribution in [0.2, 0.25) is 0 Å². The van der Waals surface area contributed by atoms with Crippen LogP contribution in [0.25, 0.3) is 0 Å². The van der Waals surface area contributed by atoms with E-state index in [0.29, 0.717) is 28.3 Å². The molecule has 5 nitrogen and oxygen atoms in total. The Morgan fingerprint density at radius 2 is 1.56 bits per heavy atom. The molecular weight excluding hydrogens is 550 g/mol. The largest absolute Gasteiger partial charge is 0.456 e. The van der Waals surface area contributed by atoms with E-state index in [9.17, 15) is 18.4 Å². The van der Waals surface area contributed by atoms with Gasteiger partial charge < -0.3 is 10.1 Å². The van der Waals surface area contributed by atoms with Gasteiger partial charge in [-0.1, -0.05) is 22.0 Å². The maximum absolute atomic E-state index is 13.8. The molecule has 0 aromatic heterocycles. The number of aryl methyl sites for hydroxylation is 1. The highest BCUT2D eigenvalue weighted by Gasteiger charge is 2.21. The molecule has 3 amide bonds. The lowest BCUT2D eigenvalue weighted by atomic mass is 10.0. The van der Waals surface area contributed by atoms with E-state index in [-0.39, 0.29) is 0 Å². The Morgan fingerprint density at radius 3 is 2.19 bits per heavy atom. The van der Waals surface area contributed by atoms with Crippen LogP contribution in [0.15, 0.2) is 51.4 Å². The fourth-order valence-corrected chi connectivity index (χ4v) is 4.17. The molecule has 0 atom stereocenters. The lowest BCUT2D eigenvalue weighted by Crippen LogP contribution is -2.35. The molecule has 2 N–H and O–H groups in total. The fraction of sp³-hybridized carbons (Fsp3) is 0.130. The minimum atomic E-state index is -1.18. The molecule has 0 aliphatic heterocycles. The number of halogens is 4. The molecule has 0 bridgehead atoms. The number of amides is 3. The molecule has 0 heterocycles. The lowest BCUT2D eigenvalue weighted by Gasteiger charge is -2.18. The average molecular weight is 568 g/mol. The van der Waals surface area contributed by atoms with Gasteiger partial charge in [-0.05, 0) is 89.8 Å². The summed E-state index contributed by atoms with van der Waals surface area (Å²) in [5.41, 5.74) is 1.80. The second-order valence-corrected chi connectivity index (χ2v) is 8.77. The van der Waals surface area contributed by atoms with Gasteiger partial charge in [-0.2, -0.15) is 0 Å². The van der Waals surface area contributed by atoms with Crippen molar-refractivity contribution in [1.82, 2.24) is 5.32 Å². The molecule has 0 aliphatic carbocycles. The number of hydrogen-bond acceptors (Lipinski definition) is 3. The summed E-state index contributed by atoms with van der Waals surface area (Å²) in [6, 6.07) is 9.38. The van der Waals surface area contributed by atoms with Crippen molar-refractivity contribution in [2.45, 2.75) is 20.8 Å². The Kier molecular flexibility index (Phi) is 7.30. The Balaban J connectivity index is 1.81. The number of urea groups is 1. The maximum Gasteiger partial charge on any atom is 0.326 e. The van der Waals surface area contributed by atoms with E-state index >= 15 is 0 Å². The minimum absolute atomic E-state index is 0.462. The highest BCUT2D eigenvalue weighted by atomic mass is 79.9. The third-order valence-electron chi connectivity index (χ3n) is 4.82. The summed E-state index contributed by atoms with van der Waals surface area (Å²) in [6.07, 6.45) is 0. The van der Waals surface area contributed by atoms with Gasteiger partial charge >= 0.3 is 6.03 Å². The van der Waals surface area contributed by atoms with E-state index in [1.807, 2.05) is 30.4 Å². The second kappa shape index (κ2) is 9.79. The zero-order valence-electron chi connectivity index (χ0n) is 17.3. The van der Waals surface area contributed by atoms with E-state index in [1.165, 1.54) is 0 Å². The molecule has 0 fully saturated rings. The van der Waals surface area contributed by atoms with Crippen molar-refractivity contribution in [3.63, 3.8) is 0 Å². The van der Waals surface area contributed by atoms with Crippen molar-refractivity contribution in [1.29, 1.82) is 0 Å². The molecule has 3 rings (SSSR count). The van der Waals surface area contributed by atoms with Gasteiger partial charge in [0.15, 0.2) is 0 Å². The molecule has 0 saturated heterocycles. The summed E-state index contributed by atoms with van der Waals surface area (Å²) in [6.45, 7) is 5.39. The third-order valence-corrected chi connectivity index (χ3v) is 5.93. The molecule has 32 heavy (non-hydrogen) atoms. The standard InChI is InChI=1S/C23H18Br2F2N2O3/c1-11-9-19(32-18-8-7-14(24)10-15(18)25)12(2)13(3)21(11)28-23(31)29-22(30)20-16(26)5-4-6-17(20)27/h4-10H,1-3H3,(H2,28,29,30,31). The SMILES string of the molecule is Cc1cc(Oc2ccc(Br)cc2Br)c(C)c(C)c1NC(=O)NC(=O)c1c(F)cccc1F. The molecule has 0 spiro atoms. The first kappa shape index (κ1) is 23.9. The van der Waals surface area contributed by atoms with Crippen LogP contribution in [-0.2, 0) is 0 Å². The Hall–Kier alpha value is -2.78. The number of imide groups is 1. The van der Waals surface area contributed by atoms with Gasteiger partial charge in [0.1, 0.15) is 28.7 Å². The zero-order valence-corrected chi connectivity index (χ0v) is 20.5. The van der Waals surface area contributed by atoms with Crippen LogP contribution in [-0.4, -0.2) is 11.9 Å². The molecule has 9 heteroatoms. The molecule has 0 saturated carbocycles. The summed E-state index contributed by atoms with van der Waals surface area (Å²) in [7, 11) is 0. The van der Waals surface area contributed by atoms with E-state index in [2.05, 4.69) is 37.2 Å². The smallest absolute Gasteiger partial charge is 0.326 e. The van der Waals surface area contributed by atoms with Crippen molar-refractivity contribution < 1.29 is 23.1 Å². The predicted molar refractivity (Wildman–Crippen MR) is 125 cm³/mol. The second-order valence-electron chi connectivity index (χ2n) is 7.00. The number of rotatable bonds is 4. The number of benzene rings is 3. The van der Waals surface area contributed by atoms with Crippen LogP contribution in [0.5, 0.6) is 11.5 Å². The number of nitrogens with one attached hydrogen (secondary N) is 2. The van der Waals surface area contributed by atoms with Crippen LogP contribution in [0.1, 0.15) is 27.0 Å². The van der Waals surface area contributed by atoms with Crippen LogP contribution in [0.3, 0.4) is 0 Å². The van der Waals surface area contributed by atoms with Gasteiger partial charge in [0.05, 0.1) is 4.47 Å². The van der Waals surface area contributed by atoms with Gasteiger partial charge in [0.25, 0.3) is 5.91 Å². The van der Waals surface area contributed by atoms with Crippen molar-refractivity contribution in [2.24, 2.45) is 0 Å². The number of hydrogen-bond donors (Lipinski definition) is 2. The lowest BCUT2D eigenvalue weighted by molar-refractivity contribution is 0.0959. The molecule has 3 aromatic rings. The highest BCUT2D eigenvalue weighted by Crippen LogP contribution is 2.37. The number of carbonyl (C=O) groups is 2. The molecule has 0 unspecified atom stereocenters. The van der Waals surface area contributed by atoms with E-state index in [4.69, 9.17) is 4.74 Å². The number of carbonyl (C=O) groups excluding carboxylic acids is 2. The molecule has 3 aromatic carbocycles. The summed E-state index contributed by atoms with van der Waals surface area (Å²) in [5, 5.41) is 4.54. The van der Waals surface area contributed by atoms with Crippen LogP contribution >= 0.6 is 31.9 Å². The van der Waals surface area contributed by atoms with Gasteiger partial charge in [-0.3, -0.25) is 10.1 Å². The third kappa shape index (κ3) is 5.16. The quantitative estimate of drug-likeness (QED) is 0.351. The topological polar surface area (TPSA) is 67.4 Å². The van der Waals surface area contributed by atoms with Gasteiger partial charge in [-0.15, -0.1) is 0 Å². The summed E-state index contributed by atoms with van der Waals surface area (Å²) in [5.74, 6) is -2.08. The maximum atomic E-state index is 13.8. The van der Waals surface area contributed by atoms with Crippen molar-refractivity contribution in [2.75, 3.05) is 5.32 Å². The predicted octanol–water partition coefficient (Wildman–Crippen LogP) is 7.17. The highest BCUT2D eigenvalue weighted by molar-refractivity contribution is 9.11. The van der Waals surface area contributed by atoms with E-state index < -0.39 is 29.1 Å². The van der Waals surface area contributed by atoms with E-state index in [1.54, 1.807) is 19.9 Å². The van der Waals surface area contributed by atoms with Crippen LogP contribution in [0.4, 0.5) is 19.3 Å².